The van der Waals surface area contributed by atoms with Gasteiger partial charge in [0.25, 0.3) is 0 Å². The lowest BCUT2D eigenvalue weighted by molar-refractivity contribution is 0.171. The fraction of sp³-hybridized carbons (Fsp3) is 0.588. The van der Waals surface area contributed by atoms with E-state index in [2.05, 4.69) is 5.32 Å². The third kappa shape index (κ3) is 6.39. The molecule has 1 rings (SSSR count). The first-order chi connectivity index (χ1) is 11.2. The highest BCUT2D eigenvalue weighted by atomic mass is 32.2. The maximum atomic E-state index is 12.4. The molecule has 136 valence electrons. The average molecular weight is 356 g/mol. The minimum absolute atomic E-state index is 0.0495. The van der Waals surface area contributed by atoms with Crippen LogP contribution in [-0.4, -0.2) is 37.2 Å². The Labute approximate surface area is 145 Å². The summed E-state index contributed by atoms with van der Waals surface area (Å²) in [4.78, 5) is 14.1. The van der Waals surface area contributed by atoms with E-state index in [0.29, 0.717) is 6.54 Å². The molecule has 6 nitrogen and oxygen atoms in total. The molecule has 0 heterocycles. The average Bonchev–Trinajstić information content (AvgIpc) is 2.51. The number of benzene rings is 1. The molecule has 0 aliphatic carbocycles. The Kier molecular flexibility index (Phi) is 7.54. The maximum Gasteiger partial charge on any atom is 0.318 e. The highest BCUT2D eigenvalue weighted by molar-refractivity contribution is 7.87. The van der Waals surface area contributed by atoms with Crippen LogP contribution in [-0.2, 0) is 16.7 Å². The molecule has 0 spiro atoms. The number of carbonyl (C=O) groups excluding carboxylic acids is 1. The predicted molar refractivity (Wildman–Crippen MR) is 95.5 cm³/mol. The zero-order valence-electron chi connectivity index (χ0n) is 15.1. The van der Waals surface area contributed by atoms with Gasteiger partial charge < -0.3 is 14.4 Å². The number of nitrogens with one attached hydrogen (secondary N) is 1. The second kappa shape index (κ2) is 8.92. The number of nitrogens with zero attached hydrogens (tertiary/aromatic N) is 1. The Hall–Kier alpha value is -1.76. The van der Waals surface area contributed by atoms with Gasteiger partial charge in [-0.15, -0.1) is 0 Å². The van der Waals surface area contributed by atoms with Crippen molar-refractivity contribution in [2.45, 2.75) is 59.7 Å². The van der Waals surface area contributed by atoms with Gasteiger partial charge in [0, 0.05) is 18.6 Å². The lowest BCUT2D eigenvalue weighted by Crippen LogP contribution is -2.46. The van der Waals surface area contributed by atoms with E-state index in [9.17, 15) is 13.2 Å². The predicted octanol–water partition coefficient (Wildman–Crippen LogP) is 3.13. The van der Waals surface area contributed by atoms with Crippen molar-refractivity contribution >= 4 is 16.1 Å². The summed E-state index contributed by atoms with van der Waals surface area (Å²) in [7, 11) is -3.56. The van der Waals surface area contributed by atoms with Crippen LogP contribution in [0.15, 0.2) is 24.3 Å². The van der Waals surface area contributed by atoms with E-state index in [0.717, 1.165) is 12.0 Å². The molecule has 0 saturated heterocycles. The quantitative estimate of drug-likeness (QED) is 0.726. The van der Waals surface area contributed by atoms with Gasteiger partial charge in [0.05, 0.1) is 5.75 Å². The summed E-state index contributed by atoms with van der Waals surface area (Å²) in [6.07, 6.45) is 0.825. The molecule has 7 heteroatoms. The maximum absolute atomic E-state index is 12.4. The molecule has 0 bridgehead atoms. The van der Waals surface area contributed by atoms with Crippen LogP contribution in [0.4, 0.5) is 4.79 Å². The zero-order valence-corrected chi connectivity index (χ0v) is 15.9. The van der Waals surface area contributed by atoms with E-state index in [1.165, 1.54) is 6.92 Å². The number of hydrogen-bond acceptors (Lipinski definition) is 4. The minimum atomic E-state index is -3.56. The van der Waals surface area contributed by atoms with E-state index in [1.807, 2.05) is 33.8 Å². The van der Waals surface area contributed by atoms with Crippen molar-refractivity contribution in [1.29, 1.82) is 0 Å². The van der Waals surface area contributed by atoms with Crippen molar-refractivity contribution in [2.24, 2.45) is 0 Å². The topological polar surface area (TPSA) is 75.7 Å². The van der Waals surface area contributed by atoms with Crippen LogP contribution in [0, 0.1) is 0 Å². The van der Waals surface area contributed by atoms with E-state index >= 15 is 0 Å². The highest BCUT2D eigenvalue weighted by Gasteiger charge is 2.20. The standard InChI is InChI=1S/C17H28N2O4S/c1-6-14(5)19(17(20)18-13(3)4)12-15-9-8-10-16(11-15)23-24(21,22)7-2/h8-11,13-14H,6-7,12H2,1-5H3,(H,18,20)/t14-/m0/s1. The molecule has 24 heavy (non-hydrogen) atoms. The zero-order chi connectivity index (χ0) is 18.3. The molecular formula is C17H28N2O4S. The molecule has 1 aromatic carbocycles. The van der Waals surface area contributed by atoms with Crippen molar-refractivity contribution in [3.63, 3.8) is 0 Å². The van der Waals surface area contributed by atoms with Crippen LogP contribution < -0.4 is 9.50 Å². The second-order valence-electron chi connectivity index (χ2n) is 6.07. The monoisotopic (exact) mass is 356 g/mol. The molecular weight excluding hydrogens is 328 g/mol. The first-order valence-corrected chi connectivity index (χ1v) is 9.84. The molecule has 0 radical (unpaired) electrons. The summed E-state index contributed by atoms with van der Waals surface area (Å²) in [5.74, 6) is 0.176. The van der Waals surface area contributed by atoms with Crippen LogP contribution in [0.3, 0.4) is 0 Å². The second-order valence-corrected chi connectivity index (χ2v) is 7.93. The van der Waals surface area contributed by atoms with Gasteiger partial charge in [-0.25, -0.2) is 4.79 Å². The van der Waals surface area contributed by atoms with Gasteiger partial charge >= 0.3 is 16.1 Å². The lowest BCUT2D eigenvalue weighted by atomic mass is 10.1. The van der Waals surface area contributed by atoms with Crippen molar-refractivity contribution in [3.05, 3.63) is 29.8 Å². The third-order valence-electron chi connectivity index (χ3n) is 3.62. The van der Waals surface area contributed by atoms with Gasteiger partial charge in [-0.1, -0.05) is 19.1 Å². The number of rotatable bonds is 8. The molecule has 0 fully saturated rings. The summed E-state index contributed by atoms with van der Waals surface area (Å²) >= 11 is 0. The van der Waals surface area contributed by atoms with E-state index < -0.39 is 10.1 Å². The lowest BCUT2D eigenvalue weighted by Gasteiger charge is -2.30. The molecule has 1 atom stereocenters. The molecule has 0 aliphatic heterocycles. The third-order valence-corrected chi connectivity index (χ3v) is 4.78. The van der Waals surface area contributed by atoms with Crippen molar-refractivity contribution < 1.29 is 17.4 Å². The largest absolute Gasteiger partial charge is 0.382 e. The number of amides is 2. The summed E-state index contributed by atoms with van der Waals surface area (Å²) in [6, 6.07) is 6.81. The summed E-state index contributed by atoms with van der Waals surface area (Å²) < 4.78 is 28.2. The number of hydrogen-bond donors (Lipinski definition) is 1. The Bertz CT molecular complexity index is 644. The van der Waals surface area contributed by atoms with Crippen LogP contribution in [0.1, 0.15) is 46.6 Å². The summed E-state index contributed by atoms with van der Waals surface area (Å²) in [5.41, 5.74) is 0.818. The van der Waals surface area contributed by atoms with Crippen LogP contribution in [0.2, 0.25) is 0 Å². The fourth-order valence-corrected chi connectivity index (χ4v) is 2.59. The molecule has 0 saturated carbocycles. The molecule has 2 amide bonds. The molecule has 1 aromatic rings. The van der Waals surface area contributed by atoms with E-state index in [1.54, 1.807) is 23.1 Å². The van der Waals surface area contributed by atoms with Crippen LogP contribution in [0.5, 0.6) is 5.75 Å². The van der Waals surface area contributed by atoms with Gasteiger partial charge in [0.2, 0.25) is 0 Å². The molecule has 0 aromatic heterocycles. The van der Waals surface area contributed by atoms with Crippen LogP contribution in [0.25, 0.3) is 0 Å². The number of carbonyl (C=O) groups is 1. The summed E-state index contributed by atoms with van der Waals surface area (Å²) in [5, 5.41) is 2.90. The van der Waals surface area contributed by atoms with Crippen molar-refractivity contribution in [2.75, 3.05) is 5.75 Å². The Morgan fingerprint density at radius 2 is 1.92 bits per heavy atom. The SMILES string of the molecule is CC[C@H](C)N(Cc1cccc(OS(=O)(=O)CC)c1)C(=O)NC(C)C. The van der Waals surface area contributed by atoms with Gasteiger partial charge in [-0.3, -0.25) is 0 Å². The van der Waals surface area contributed by atoms with Gasteiger partial charge in [-0.2, -0.15) is 8.42 Å². The molecule has 0 unspecified atom stereocenters. The Morgan fingerprint density at radius 3 is 2.46 bits per heavy atom. The van der Waals surface area contributed by atoms with E-state index in [4.69, 9.17) is 4.18 Å². The number of urea groups is 1. The normalized spacial score (nSPS) is 12.8. The Morgan fingerprint density at radius 1 is 1.25 bits per heavy atom. The van der Waals surface area contributed by atoms with Gasteiger partial charge in [0.15, 0.2) is 0 Å². The summed E-state index contributed by atoms with van der Waals surface area (Å²) in [6.45, 7) is 9.75. The molecule has 0 aliphatic rings. The first-order valence-electron chi connectivity index (χ1n) is 8.26. The molecule has 1 N–H and O–H groups in total. The fourth-order valence-electron chi connectivity index (χ4n) is 2.08. The first kappa shape index (κ1) is 20.3. The smallest absolute Gasteiger partial charge is 0.318 e. The Balaban J connectivity index is 2.96. The van der Waals surface area contributed by atoms with E-state index in [-0.39, 0.29) is 29.6 Å². The van der Waals surface area contributed by atoms with Crippen molar-refractivity contribution in [3.8, 4) is 5.75 Å². The minimum Gasteiger partial charge on any atom is -0.382 e. The van der Waals surface area contributed by atoms with Crippen LogP contribution >= 0.6 is 0 Å². The van der Waals surface area contributed by atoms with Gasteiger partial charge in [0.1, 0.15) is 5.75 Å². The van der Waals surface area contributed by atoms with Crippen molar-refractivity contribution in [1.82, 2.24) is 10.2 Å². The highest BCUT2D eigenvalue weighted by Crippen LogP contribution is 2.18. The van der Waals surface area contributed by atoms with Gasteiger partial charge in [-0.05, 0) is 51.8 Å².